The number of thiophene rings is 1. The second-order valence-electron chi connectivity index (χ2n) is 5.61. The van der Waals surface area contributed by atoms with Gasteiger partial charge in [-0.2, -0.15) is 11.3 Å². The highest BCUT2D eigenvalue weighted by molar-refractivity contribution is 7.08. The molecule has 1 aromatic heterocycles. The van der Waals surface area contributed by atoms with Gasteiger partial charge in [-0.1, -0.05) is 0 Å². The third-order valence-electron chi connectivity index (χ3n) is 3.90. The molecular formula is C16H26ClN3O3S. The van der Waals surface area contributed by atoms with Crippen LogP contribution >= 0.6 is 23.7 Å². The number of rotatable bonds is 8. The molecule has 1 aliphatic rings. The number of hydrogen-bond donors (Lipinski definition) is 2. The van der Waals surface area contributed by atoms with Gasteiger partial charge in [0.2, 0.25) is 5.91 Å². The summed E-state index contributed by atoms with van der Waals surface area (Å²) in [5.74, 6) is -0.0258. The zero-order valence-corrected chi connectivity index (χ0v) is 15.4. The lowest BCUT2D eigenvalue weighted by atomic mass is 10.1. The van der Waals surface area contributed by atoms with E-state index in [1.54, 1.807) is 11.4 Å². The number of likely N-dealkylation sites (tertiary alicyclic amines) is 1. The van der Waals surface area contributed by atoms with E-state index in [1.807, 2.05) is 10.3 Å². The maximum Gasteiger partial charge on any atom is 0.252 e. The molecule has 24 heavy (non-hydrogen) atoms. The van der Waals surface area contributed by atoms with Crippen molar-refractivity contribution in [1.82, 2.24) is 10.2 Å². The molecule has 8 heteroatoms. The van der Waals surface area contributed by atoms with Crippen LogP contribution in [0.15, 0.2) is 16.8 Å². The smallest absolute Gasteiger partial charge is 0.252 e. The number of piperidine rings is 1. The second-order valence-corrected chi connectivity index (χ2v) is 6.39. The molecule has 136 valence electrons. The SMILES string of the molecule is Cl.NCCCOC1CCN(C(=O)CCNC(=O)c2ccsc2)CC1. The Labute approximate surface area is 153 Å². The van der Waals surface area contributed by atoms with Crippen LogP contribution in [0.4, 0.5) is 0 Å². The highest BCUT2D eigenvalue weighted by Gasteiger charge is 2.22. The number of ether oxygens (including phenoxy) is 1. The van der Waals surface area contributed by atoms with Gasteiger partial charge >= 0.3 is 0 Å². The summed E-state index contributed by atoms with van der Waals surface area (Å²) in [4.78, 5) is 25.8. The van der Waals surface area contributed by atoms with Gasteiger partial charge in [-0.3, -0.25) is 9.59 Å². The fourth-order valence-corrected chi connectivity index (χ4v) is 3.18. The Balaban J connectivity index is 0.00000288. The van der Waals surface area contributed by atoms with Gasteiger partial charge in [-0.15, -0.1) is 12.4 Å². The molecule has 2 rings (SSSR count). The number of amides is 2. The molecule has 1 fully saturated rings. The number of nitrogens with one attached hydrogen (secondary N) is 1. The Hall–Kier alpha value is -1.15. The van der Waals surface area contributed by atoms with Crippen LogP contribution in [-0.2, 0) is 9.53 Å². The topological polar surface area (TPSA) is 84.7 Å². The van der Waals surface area contributed by atoms with Crippen LogP contribution in [0.25, 0.3) is 0 Å². The summed E-state index contributed by atoms with van der Waals surface area (Å²) in [6, 6.07) is 1.78. The zero-order valence-electron chi connectivity index (χ0n) is 13.7. The number of carbonyl (C=O) groups excluding carboxylic acids is 2. The summed E-state index contributed by atoms with van der Waals surface area (Å²) in [7, 11) is 0. The summed E-state index contributed by atoms with van der Waals surface area (Å²) >= 11 is 1.48. The number of halogens is 1. The lowest BCUT2D eigenvalue weighted by molar-refractivity contribution is -0.133. The van der Waals surface area contributed by atoms with Gasteiger partial charge in [0.1, 0.15) is 0 Å². The first kappa shape index (κ1) is 20.9. The quantitative estimate of drug-likeness (QED) is 0.676. The molecule has 2 heterocycles. The van der Waals surface area contributed by atoms with E-state index in [0.29, 0.717) is 31.7 Å². The third kappa shape index (κ3) is 6.76. The predicted octanol–water partition coefficient (Wildman–Crippen LogP) is 1.65. The monoisotopic (exact) mass is 375 g/mol. The predicted molar refractivity (Wildman–Crippen MR) is 97.7 cm³/mol. The second kappa shape index (κ2) is 11.4. The summed E-state index contributed by atoms with van der Waals surface area (Å²) in [6.45, 7) is 3.17. The lowest BCUT2D eigenvalue weighted by Gasteiger charge is -2.32. The van der Waals surface area contributed by atoms with Gasteiger partial charge in [0, 0.05) is 43.6 Å². The molecule has 0 saturated carbocycles. The molecule has 0 spiro atoms. The van der Waals surface area contributed by atoms with Gasteiger partial charge in [-0.25, -0.2) is 0 Å². The maximum atomic E-state index is 12.2. The first-order chi connectivity index (χ1) is 11.2. The Kier molecular flexibility index (Phi) is 9.94. The molecule has 0 unspecified atom stereocenters. The van der Waals surface area contributed by atoms with Crippen molar-refractivity contribution in [2.24, 2.45) is 5.73 Å². The van der Waals surface area contributed by atoms with E-state index in [4.69, 9.17) is 10.5 Å². The molecule has 0 bridgehead atoms. The minimum absolute atomic E-state index is 0. The molecule has 0 aliphatic carbocycles. The third-order valence-corrected chi connectivity index (χ3v) is 4.59. The number of hydrogen-bond acceptors (Lipinski definition) is 5. The lowest BCUT2D eigenvalue weighted by Crippen LogP contribution is -2.42. The molecule has 6 nitrogen and oxygen atoms in total. The van der Waals surface area contributed by atoms with Crippen LogP contribution in [0.2, 0.25) is 0 Å². The van der Waals surface area contributed by atoms with E-state index in [1.165, 1.54) is 11.3 Å². The minimum atomic E-state index is -0.119. The highest BCUT2D eigenvalue weighted by Crippen LogP contribution is 2.14. The summed E-state index contributed by atoms with van der Waals surface area (Å²) in [6.07, 6.45) is 3.20. The van der Waals surface area contributed by atoms with Gasteiger partial charge < -0.3 is 20.7 Å². The van der Waals surface area contributed by atoms with Crippen LogP contribution in [-0.4, -0.2) is 55.6 Å². The zero-order chi connectivity index (χ0) is 16.5. The highest BCUT2D eigenvalue weighted by atomic mass is 35.5. The minimum Gasteiger partial charge on any atom is -0.378 e. The Morgan fingerprint density at radius 1 is 1.38 bits per heavy atom. The van der Waals surface area contributed by atoms with Crippen molar-refractivity contribution in [3.8, 4) is 0 Å². The Bertz CT molecular complexity index is 491. The Morgan fingerprint density at radius 2 is 2.12 bits per heavy atom. The molecule has 1 aliphatic heterocycles. The first-order valence-electron chi connectivity index (χ1n) is 8.10. The molecule has 0 aromatic carbocycles. The van der Waals surface area contributed by atoms with E-state index < -0.39 is 0 Å². The molecule has 0 radical (unpaired) electrons. The van der Waals surface area contributed by atoms with Crippen molar-refractivity contribution in [2.75, 3.05) is 32.8 Å². The van der Waals surface area contributed by atoms with E-state index in [-0.39, 0.29) is 30.3 Å². The van der Waals surface area contributed by atoms with Crippen LogP contribution in [0.1, 0.15) is 36.0 Å². The fraction of sp³-hybridized carbons (Fsp3) is 0.625. The normalized spacial score (nSPS) is 15.0. The van der Waals surface area contributed by atoms with Crippen molar-refractivity contribution >= 4 is 35.6 Å². The van der Waals surface area contributed by atoms with E-state index in [0.717, 1.165) is 32.4 Å². The molecule has 2 amide bonds. The number of nitrogens with two attached hydrogens (primary N) is 1. The first-order valence-corrected chi connectivity index (χ1v) is 9.05. The summed E-state index contributed by atoms with van der Waals surface area (Å²) in [5.41, 5.74) is 6.09. The number of carbonyl (C=O) groups is 2. The van der Waals surface area contributed by atoms with Crippen molar-refractivity contribution < 1.29 is 14.3 Å². The standard InChI is InChI=1S/C16H25N3O3S.ClH/c17-6-1-10-22-14-3-8-19(9-4-14)15(20)2-7-18-16(21)13-5-11-23-12-13;/h5,11-12,14H,1-4,6-10,17H2,(H,18,21);1H. The van der Waals surface area contributed by atoms with Gasteiger partial charge in [-0.05, 0) is 37.3 Å². The van der Waals surface area contributed by atoms with Gasteiger partial charge in [0.25, 0.3) is 5.91 Å². The molecule has 0 atom stereocenters. The van der Waals surface area contributed by atoms with Crippen LogP contribution in [0.3, 0.4) is 0 Å². The molecular weight excluding hydrogens is 350 g/mol. The van der Waals surface area contributed by atoms with Crippen molar-refractivity contribution in [2.45, 2.75) is 31.8 Å². The van der Waals surface area contributed by atoms with Crippen molar-refractivity contribution in [3.05, 3.63) is 22.4 Å². The average molecular weight is 376 g/mol. The van der Waals surface area contributed by atoms with E-state index >= 15 is 0 Å². The molecule has 3 N–H and O–H groups in total. The molecule has 1 saturated heterocycles. The largest absolute Gasteiger partial charge is 0.378 e. The maximum absolute atomic E-state index is 12.2. The van der Waals surface area contributed by atoms with Crippen LogP contribution in [0, 0.1) is 0 Å². The molecule has 1 aromatic rings. The average Bonchev–Trinajstić information content (AvgIpc) is 3.10. The van der Waals surface area contributed by atoms with Crippen molar-refractivity contribution in [1.29, 1.82) is 0 Å². The van der Waals surface area contributed by atoms with E-state index in [2.05, 4.69) is 5.32 Å². The summed E-state index contributed by atoms with van der Waals surface area (Å²) < 4.78 is 5.73. The Morgan fingerprint density at radius 3 is 2.75 bits per heavy atom. The van der Waals surface area contributed by atoms with E-state index in [9.17, 15) is 9.59 Å². The van der Waals surface area contributed by atoms with Crippen molar-refractivity contribution in [3.63, 3.8) is 0 Å². The number of nitrogens with zero attached hydrogens (tertiary/aromatic N) is 1. The van der Waals surface area contributed by atoms with Gasteiger partial charge in [0.15, 0.2) is 0 Å². The van der Waals surface area contributed by atoms with Crippen LogP contribution < -0.4 is 11.1 Å². The fourth-order valence-electron chi connectivity index (χ4n) is 2.54. The summed E-state index contributed by atoms with van der Waals surface area (Å²) in [5, 5.41) is 6.44. The van der Waals surface area contributed by atoms with Gasteiger partial charge in [0.05, 0.1) is 6.10 Å². The van der Waals surface area contributed by atoms with Crippen LogP contribution in [0.5, 0.6) is 0 Å².